The minimum Gasteiger partial charge on any atom is -0.457 e. The molecule has 0 aliphatic carbocycles. The highest BCUT2D eigenvalue weighted by Gasteiger charge is 2.23. The van der Waals surface area contributed by atoms with Crippen LogP contribution in [-0.2, 0) is 6.54 Å². The second-order valence-corrected chi connectivity index (χ2v) is 7.28. The van der Waals surface area contributed by atoms with Gasteiger partial charge in [0.2, 0.25) is 18.4 Å². The molecule has 0 bridgehead atoms. The van der Waals surface area contributed by atoms with E-state index >= 15 is 0 Å². The van der Waals surface area contributed by atoms with Crippen molar-refractivity contribution < 1.29 is 19.1 Å². The molecule has 10 nitrogen and oxygen atoms in total. The van der Waals surface area contributed by atoms with E-state index in [9.17, 15) is 10.1 Å². The molecule has 10 heteroatoms. The third-order valence-electron chi connectivity index (χ3n) is 5.00. The first-order valence-corrected chi connectivity index (χ1v) is 10.4. The van der Waals surface area contributed by atoms with Gasteiger partial charge in [-0.1, -0.05) is 24.3 Å². The fraction of sp³-hybridized carbons (Fsp3) is 0.0833. The Morgan fingerprint density at radius 1 is 0.912 bits per heavy atom. The lowest BCUT2D eigenvalue weighted by Crippen LogP contribution is -2.08. The van der Waals surface area contributed by atoms with E-state index in [0.717, 1.165) is 5.56 Å². The van der Waals surface area contributed by atoms with Crippen LogP contribution in [-0.4, -0.2) is 21.7 Å². The summed E-state index contributed by atoms with van der Waals surface area (Å²) in [5, 5.41) is 17.9. The van der Waals surface area contributed by atoms with Crippen LogP contribution in [0.3, 0.4) is 0 Å². The summed E-state index contributed by atoms with van der Waals surface area (Å²) in [7, 11) is 0. The van der Waals surface area contributed by atoms with E-state index in [-0.39, 0.29) is 24.1 Å². The molecule has 2 N–H and O–H groups in total. The van der Waals surface area contributed by atoms with Crippen molar-refractivity contribution in [3.8, 4) is 23.0 Å². The summed E-state index contributed by atoms with van der Waals surface area (Å²) < 4.78 is 16.5. The zero-order chi connectivity index (χ0) is 23.3. The fourth-order valence-electron chi connectivity index (χ4n) is 3.38. The number of nitrogens with zero attached hydrogens (tertiary/aromatic N) is 3. The van der Waals surface area contributed by atoms with Crippen molar-refractivity contribution in [2.75, 3.05) is 17.4 Å². The molecule has 0 spiro atoms. The van der Waals surface area contributed by atoms with Gasteiger partial charge < -0.3 is 24.8 Å². The van der Waals surface area contributed by atoms with Crippen molar-refractivity contribution in [2.45, 2.75) is 6.54 Å². The Morgan fingerprint density at radius 3 is 2.44 bits per heavy atom. The lowest BCUT2D eigenvalue weighted by atomic mass is 10.2. The molecular formula is C24H19N5O5. The second kappa shape index (κ2) is 9.33. The summed E-state index contributed by atoms with van der Waals surface area (Å²) in [6.45, 7) is 0.484. The van der Waals surface area contributed by atoms with Crippen LogP contribution in [0.4, 0.5) is 23.0 Å². The topological polar surface area (TPSA) is 121 Å². The van der Waals surface area contributed by atoms with Gasteiger partial charge in [-0.3, -0.25) is 10.1 Å². The number of nitro groups is 1. The number of aromatic nitrogens is 2. The quantitative estimate of drug-likeness (QED) is 0.269. The number of benzene rings is 3. The van der Waals surface area contributed by atoms with Crippen LogP contribution >= 0.6 is 0 Å². The summed E-state index contributed by atoms with van der Waals surface area (Å²) in [5.74, 6) is 2.84. The molecule has 2 heterocycles. The average molecular weight is 457 g/mol. The first-order valence-electron chi connectivity index (χ1n) is 10.4. The number of anilines is 3. The van der Waals surface area contributed by atoms with E-state index in [1.807, 2.05) is 42.5 Å². The number of fused-ring (bicyclic) bond motifs is 1. The van der Waals surface area contributed by atoms with Gasteiger partial charge in [-0.25, -0.2) is 9.97 Å². The predicted octanol–water partition coefficient (Wildman–Crippen LogP) is 5.26. The predicted molar refractivity (Wildman–Crippen MR) is 125 cm³/mol. The zero-order valence-electron chi connectivity index (χ0n) is 17.8. The highest BCUT2D eigenvalue weighted by atomic mass is 16.7. The van der Waals surface area contributed by atoms with Crippen molar-refractivity contribution in [1.29, 1.82) is 0 Å². The number of hydrogen-bond donors (Lipinski definition) is 2. The molecule has 0 saturated carbocycles. The minimum atomic E-state index is -0.517. The summed E-state index contributed by atoms with van der Waals surface area (Å²) in [6, 6.07) is 21.9. The third kappa shape index (κ3) is 4.65. The van der Waals surface area contributed by atoms with Crippen molar-refractivity contribution in [1.82, 2.24) is 9.97 Å². The van der Waals surface area contributed by atoms with Crippen molar-refractivity contribution in [3.05, 3.63) is 94.8 Å². The van der Waals surface area contributed by atoms with Crippen molar-refractivity contribution in [2.24, 2.45) is 0 Å². The van der Waals surface area contributed by atoms with Gasteiger partial charge in [0.05, 0.1) is 4.92 Å². The van der Waals surface area contributed by atoms with Crippen LogP contribution < -0.4 is 24.8 Å². The molecule has 0 fully saturated rings. The lowest BCUT2D eigenvalue weighted by Gasteiger charge is -2.11. The average Bonchev–Trinajstić information content (AvgIpc) is 3.32. The Kier molecular flexibility index (Phi) is 5.76. The molecule has 0 amide bonds. The lowest BCUT2D eigenvalue weighted by molar-refractivity contribution is -0.383. The van der Waals surface area contributed by atoms with Gasteiger partial charge in [0.1, 0.15) is 17.8 Å². The number of nitrogens with one attached hydrogen (secondary N) is 2. The van der Waals surface area contributed by atoms with Gasteiger partial charge in [-0.15, -0.1) is 0 Å². The molecule has 0 unspecified atom stereocenters. The maximum Gasteiger partial charge on any atom is 0.353 e. The smallest absolute Gasteiger partial charge is 0.353 e. The second-order valence-electron chi connectivity index (χ2n) is 7.28. The van der Waals surface area contributed by atoms with Crippen LogP contribution in [0.25, 0.3) is 0 Å². The van der Waals surface area contributed by atoms with E-state index in [0.29, 0.717) is 35.2 Å². The Morgan fingerprint density at radius 2 is 1.65 bits per heavy atom. The molecule has 0 radical (unpaired) electrons. The summed E-state index contributed by atoms with van der Waals surface area (Å²) in [5.41, 5.74) is 1.22. The molecule has 5 rings (SSSR count). The van der Waals surface area contributed by atoms with E-state index in [2.05, 4.69) is 20.6 Å². The first-order chi connectivity index (χ1) is 16.7. The third-order valence-corrected chi connectivity index (χ3v) is 5.00. The molecule has 0 saturated heterocycles. The summed E-state index contributed by atoms with van der Waals surface area (Å²) >= 11 is 0. The van der Waals surface area contributed by atoms with Gasteiger partial charge in [0.15, 0.2) is 11.5 Å². The fourth-order valence-corrected chi connectivity index (χ4v) is 3.38. The highest BCUT2D eigenvalue weighted by Crippen LogP contribution is 2.34. The summed E-state index contributed by atoms with van der Waals surface area (Å²) in [6.07, 6.45) is 1.27. The van der Waals surface area contributed by atoms with Crippen LogP contribution in [0.1, 0.15) is 5.56 Å². The van der Waals surface area contributed by atoms with E-state index in [1.165, 1.54) is 6.33 Å². The van der Waals surface area contributed by atoms with E-state index in [1.54, 1.807) is 30.3 Å². The van der Waals surface area contributed by atoms with E-state index in [4.69, 9.17) is 14.2 Å². The maximum atomic E-state index is 11.8. The molecule has 3 aromatic carbocycles. The number of para-hydroxylation sites is 1. The minimum absolute atomic E-state index is 0.0740. The molecule has 1 aliphatic heterocycles. The molecule has 34 heavy (non-hydrogen) atoms. The van der Waals surface area contributed by atoms with Crippen LogP contribution in [0.2, 0.25) is 0 Å². The van der Waals surface area contributed by atoms with Crippen molar-refractivity contribution in [3.63, 3.8) is 0 Å². The highest BCUT2D eigenvalue weighted by molar-refractivity contribution is 5.74. The standard InChI is InChI=1S/C24H19N5O5/c30-29(31)22-23(25-13-16-6-11-20-21(12-16)33-15-32-20)26-14-27-24(22)28-17-7-9-19(10-8-17)34-18-4-2-1-3-5-18/h1-12,14H,13,15H2,(H2,25,26,27,28). The zero-order valence-corrected chi connectivity index (χ0v) is 17.8. The van der Waals surface area contributed by atoms with Crippen LogP contribution in [0.5, 0.6) is 23.0 Å². The monoisotopic (exact) mass is 457 g/mol. The number of ether oxygens (including phenoxy) is 3. The molecule has 0 atom stereocenters. The molecule has 170 valence electrons. The number of hydrogen-bond acceptors (Lipinski definition) is 9. The SMILES string of the molecule is O=[N+]([O-])c1c(NCc2ccc3c(c2)OCO3)ncnc1Nc1ccc(Oc2ccccc2)cc1. The largest absolute Gasteiger partial charge is 0.457 e. The molecule has 1 aliphatic rings. The molecule has 4 aromatic rings. The molecule has 1 aromatic heterocycles. The summed E-state index contributed by atoms with van der Waals surface area (Å²) in [4.78, 5) is 19.5. The Hall–Kier alpha value is -4.86. The van der Waals surface area contributed by atoms with Gasteiger partial charge >= 0.3 is 5.69 Å². The Balaban J connectivity index is 1.31. The van der Waals surface area contributed by atoms with Gasteiger partial charge in [-0.2, -0.15) is 0 Å². The maximum absolute atomic E-state index is 11.8. The van der Waals surface area contributed by atoms with Crippen LogP contribution in [0.15, 0.2) is 79.1 Å². The molecular weight excluding hydrogens is 438 g/mol. The van der Waals surface area contributed by atoms with E-state index < -0.39 is 4.92 Å². The number of rotatable bonds is 8. The van der Waals surface area contributed by atoms with Gasteiger partial charge in [0.25, 0.3) is 0 Å². The van der Waals surface area contributed by atoms with Crippen LogP contribution in [0, 0.1) is 10.1 Å². The van der Waals surface area contributed by atoms with Gasteiger partial charge in [-0.05, 0) is 54.1 Å². The normalized spacial score (nSPS) is 11.6. The Bertz CT molecular complexity index is 1320. The van der Waals surface area contributed by atoms with Crippen molar-refractivity contribution >= 4 is 23.0 Å². The first kappa shape index (κ1) is 21.0. The van der Waals surface area contributed by atoms with Gasteiger partial charge in [0, 0.05) is 12.2 Å². The Labute approximate surface area is 194 Å².